The van der Waals surface area contributed by atoms with Crippen molar-refractivity contribution in [1.82, 2.24) is 9.78 Å². The molecule has 0 bridgehead atoms. The van der Waals surface area contributed by atoms with Crippen LogP contribution in [0, 0.1) is 0 Å². The lowest BCUT2D eigenvalue weighted by Crippen LogP contribution is -2.24. The first-order valence-corrected chi connectivity index (χ1v) is 6.85. The number of rotatable bonds is 6. The highest BCUT2D eigenvalue weighted by molar-refractivity contribution is 9.10. The van der Waals surface area contributed by atoms with Crippen molar-refractivity contribution >= 4 is 15.9 Å². The third-order valence-corrected chi connectivity index (χ3v) is 3.80. The quantitative estimate of drug-likeness (QED) is 0.874. The SMILES string of the molecule is CCCCC(N)Cc1c(Br)c(CC)nn1C. The van der Waals surface area contributed by atoms with Crippen molar-refractivity contribution in [2.24, 2.45) is 12.8 Å². The molecule has 1 aromatic heterocycles. The van der Waals surface area contributed by atoms with Gasteiger partial charge in [0, 0.05) is 19.5 Å². The number of unbranched alkanes of at least 4 members (excludes halogenated alkanes) is 1. The minimum Gasteiger partial charge on any atom is -0.327 e. The highest BCUT2D eigenvalue weighted by Crippen LogP contribution is 2.23. The molecular formula is C12H22BrN3. The molecule has 16 heavy (non-hydrogen) atoms. The third kappa shape index (κ3) is 3.32. The van der Waals surface area contributed by atoms with Crippen LogP contribution >= 0.6 is 15.9 Å². The Kier molecular flexibility index (Phi) is 5.49. The number of nitrogens with two attached hydrogens (primary N) is 1. The van der Waals surface area contributed by atoms with Crippen molar-refractivity contribution in [2.75, 3.05) is 0 Å². The standard InChI is InChI=1S/C12H22BrN3/c1-4-6-7-9(14)8-11-12(13)10(5-2)15-16(11)3/h9H,4-8,14H2,1-3H3. The predicted octanol–water partition coefficient (Wildman–Crippen LogP) is 2.81. The molecule has 0 aliphatic carbocycles. The topological polar surface area (TPSA) is 43.8 Å². The maximum absolute atomic E-state index is 6.12. The van der Waals surface area contributed by atoms with Crippen LogP contribution in [0.15, 0.2) is 4.47 Å². The molecule has 0 saturated carbocycles. The molecule has 1 rings (SSSR count). The predicted molar refractivity (Wildman–Crippen MR) is 71.5 cm³/mol. The second-order valence-electron chi connectivity index (χ2n) is 4.29. The largest absolute Gasteiger partial charge is 0.327 e. The lowest BCUT2D eigenvalue weighted by atomic mass is 10.1. The zero-order valence-corrected chi connectivity index (χ0v) is 12.0. The molecule has 92 valence electrons. The van der Waals surface area contributed by atoms with Crippen molar-refractivity contribution in [1.29, 1.82) is 0 Å². The van der Waals surface area contributed by atoms with Crippen LogP contribution in [-0.4, -0.2) is 15.8 Å². The van der Waals surface area contributed by atoms with Gasteiger partial charge in [0.15, 0.2) is 0 Å². The van der Waals surface area contributed by atoms with Gasteiger partial charge in [-0.2, -0.15) is 5.10 Å². The van der Waals surface area contributed by atoms with E-state index in [9.17, 15) is 0 Å². The Hall–Kier alpha value is -0.350. The van der Waals surface area contributed by atoms with E-state index in [1.807, 2.05) is 11.7 Å². The molecular weight excluding hydrogens is 266 g/mol. The average molecular weight is 288 g/mol. The van der Waals surface area contributed by atoms with Gasteiger partial charge in [0.2, 0.25) is 0 Å². The van der Waals surface area contributed by atoms with E-state index in [4.69, 9.17) is 5.73 Å². The van der Waals surface area contributed by atoms with Crippen LogP contribution in [0.1, 0.15) is 44.5 Å². The zero-order chi connectivity index (χ0) is 12.1. The fourth-order valence-electron chi connectivity index (χ4n) is 1.86. The van der Waals surface area contributed by atoms with E-state index in [1.165, 1.54) is 18.5 Å². The van der Waals surface area contributed by atoms with Crippen LogP contribution in [0.4, 0.5) is 0 Å². The molecule has 0 amide bonds. The number of hydrogen-bond donors (Lipinski definition) is 1. The van der Waals surface area contributed by atoms with Gasteiger partial charge in [0.1, 0.15) is 0 Å². The summed E-state index contributed by atoms with van der Waals surface area (Å²) in [5, 5.41) is 4.48. The second kappa shape index (κ2) is 6.40. The summed E-state index contributed by atoms with van der Waals surface area (Å²) >= 11 is 3.62. The van der Waals surface area contributed by atoms with E-state index >= 15 is 0 Å². The fraction of sp³-hybridized carbons (Fsp3) is 0.750. The first kappa shape index (κ1) is 13.7. The van der Waals surface area contributed by atoms with Gasteiger partial charge in [0.05, 0.1) is 15.9 Å². The lowest BCUT2D eigenvalue weighted by molar-refractivity contribution is 0.551. The van der Waals surface area contributed by atoms with E-state index < -0.39 is 0 Å². The summed E-state index contributed by atoms with van der Waals surface area (Å²) < 4.78 is 3.10. The minimum atomic E-state index is 0.247. The van der Waals surface area contributed by atoms with E-state index in [0.29, 0.717) is 0 Å². The summed E-state index contributed by atoms with van der Waals surface area (Å²) in [5.41, 5.74) is 8.47. The molecule has 3 nitrogen and oxygen atoms in total. The molecule has 0 aliphatic rings. The summed E-state index contributed by atoms with van der Waals surface area (Å²) in [6.45, 7) is 4.32. The number of nitrogens with zero attached hydrogens (tertiary/aromatic N) is 2. The molecule has 0 saturated heterocycles. The van der Waals surface area contributed by atoms with Gasteiger partial charge in [-0.1, -0.05) is 26.7 Å². The number of halogens is 1. The van der Waals surface area contributed by atoms with Gasteiger partial charge < -0.3 is 5.73 Å². The summed E-state index contributed by atoms with van der Waals surface area (Å²) in [6.07, 6.45) is 5.37. The molecule has 0 spiro atoms. The van der Waals surface area contributed by atoms with E-state index in [0.717, 1.165) is 29.4 Å². The molecule has 0 fully saturated rings. The minimum absolute atomic E-state index is 0.247. The number of hydrogen-bond acceptors (Lipinski definition) is 2. The van der Waals surface area contributed by atoms with Crippen LogP contribution in [0.2, 0.25) is 0 Å². The summed E-state index contributed by atoms with van der Waals surface area (Å²) in [7, 11) is 1.99. The van der Waals surface area contributed by atoms with Crippen LogP contribution < -0.4 is 5.73 Å². The molecule has 2 N–H and O–H groups in total. The normalized spacial score (nSPS) is 13.1. The highest BCUT2D eigenvalue weighted by Gasteiger charge is 2.15. The molecule has 0 aliphatic heterocycles. The summed E-state index contributed by atoms with van der Waals surface area (Å²) in [4.78, 5) is 0. The zero-order valence-electron chi connectivity index (χ0n) is 10.5. The first-order chi connectivity index (χ1) is 7.60. The van der Waals surface area contributed by atoms with Crippen LogP contribution in [0.5, 0.6) is 0 Å². The van der Waals surface area contributed by atoms with Gasteiger partial charge >= 0.3 is 0 Å². The van der Waals surface area contributed by atoms with Crippen molar-refractivity contribution in [3.63, 3.8) is 0 Å². The Labute approximate surface area is 107 Å². The number of aryl methyl sites for hydroxylation is 2. The smallest absolute Gasteiger partial charge is 0.0766 e. The van der Waals surface area contributed by atoms with Crippen LogP contribution in [-0.2, 0) is 19.9 Å². The van der Waals surface area contributed by atoms with Crippen molar-refractivity contribution in [3.8, 4) is 0 Å². The van der Waals surface area contributed by atoms with Gasteiger partial charge in [0.25, 0.3) is 0 Å². The molecule has 0 aromatic carbocycles. The molecule has 1 atom stereocenters. The molecule has 1 aromatic rings. The van der Waals surface area contributed by atoms with Gasteiger partial charge in [-0.3, -0.25) is 4.68 Å². The highest BCUT2D eigenvalue weighted by atomic mass is 79.9. The summed E-state index contributed by atoms with van der Waals surface area (Å²) in [5.74, 6) is 0. The van der Waals surface area contributed by atoms with Gasteiger partial charge in [-0.15, -0.1) is 0 Å². The second-order valence-corrected chi connectivity index (χ2v) is 5.08. The van der Waals surface area contributed by atoms with E-state index in [1.54, 1.807) is 0 Å². The van der Waals surface area contributed by atoms with Crippen LogP contribution in [0.25, 0.3) is 0 Å². The Balaban J connectivity index is 2.69. The third-order valence-electron chi connectivity index (χ3n) is 2.89. The molecule has 1 heterocycles. The lowest BCUT2D eigenvalue weighted by Gasteiger charge is -2.11. The maximum Gasteiger partial charge on any atom is 0.0766 e. The van der Waals surface area contributed by atoms with Crippen molar-refractivity contribution in [3.05, 3.63) is 15.9 Å². The molecule has 4 heteroatoms. The maximum atomic E-state index is 6.12. The Morgan fingerprint density at radius 2 is 2.12 bits per heavy atom. The monoisotopic (exact) mass is 287 g/mol. The van der Waals surface area contributed by atoms with E-state index in [-0.39, 0.29) is 6.04 Å². The Bertz CT molecular complexity index is 333. The first-order valence-electron chi connectivity index (χ1n) is 6.05. The Morgan fingerprint density at radius 3 is 2.62 bits per heavy atom. The van der Waals surface area contributed by atoms with Crippen molar-refractivity contribution in [2.45, 2.75) is 52.0 Å². The van der Waals surface area contributed by atoms with Crippen molar-refractivity contribution < 1.29 is 0 Å². The summed E-state index contributed by atoms with van der Waals surface area (Å²) in [6, 6.07) is 0.247. The molecule has 1 unspecified atom stereocenters. The fourth-order valence-corrected chi connectivity index (χ4v) is 2.64. The average Bonchev–Trinajstić information content (AvgIpc) is 2.53. The van der Waals surface area contributed by atoms with Crippen LogP contribution in [0.3, 0.4) is 0 Å². The van der Waals surface area contributed by atoms with E-state index in [2.05, 4.69) is 34.9 Å². The number of aromatic nitrogens is 2. The van der Waals surface area contributed by atoms with Gasteiger partial charge in [-0.25, -0.2) is 0 Å². The molecule has 0 radical (unpaired) electrons. The van der Waals surface area contributed by atoms with Gasteiger partial charge in [-0.05, 0) is 28.8 Å². The Morgan fingerprint density at radius 1 is 1.44 bits per heavy atom.